The maximum absolute atomic E-state index is 5.84. The number of hydrogen-bond acceptors (Lipinski definition) is 5. The molecule has 2 heterocycles. The van der Waals surface area contributed by atoms with Gasteiger partial charge in [0.25, 0.3) is 0 Å². The molecule has 0 fully saturated rings. The van der Waals surface area contributed by atoms with Crippen LogP contribution in [-0.2, 0) is 16.9 Å². The van der Waals surface area contributed by atoms with Gasteiger partial charge in [0.2, 0.25) is 0 Å². The van der Waals surface area contributed by atoms with E-state index < -0.39 is 0 Å². The van der Waals surface area contributed by atoms with Gasteiger partial charge < -0.3 is 9.47 Å². The number of pyridine rings is 1. The van der Waals surface area contributed by atoms with E-state index in [0.717, 1.165) is 46.3 Å². The normalized spacial score (nSPS) is 12.8. The standard InChI is InChI=1S/C19H22N2O2S/c1-14-17(20-9-8-18(14)23-11-5-10-22-2)13-24-19-12-15-6-3-4-7-16(15)21-19/h3-4,6-9H,5,10-13H2,1-2H3. The third-order valence-electron chi connectivity index (χ3n) is 3.96. The van der Waals surface area contributed by atoms with Crippen molar-refractivity contribution in [3.05, 3.63) is 53.3 Å². The molecule has 24 heavy (non-hydrogen) atoms. The molecule has 0 atom stereocenters. The van der Waals surface area contributed by atoms with E-state index in [-0.39, 0.29) is 0 Å². The van der Waals surface area contributed by atoms with Crippen molar-refractivity contribution in [2.24, 2.45) is 4.99 Å². The number of methoxy groups -OCH3 is 1. The maximum atomic E-state index is 5.84. The van der Waals surface area contributed by atoms with Crippen LogP contribution in [0.25, 0.3) is 0 Å². The van der Waals surface area contributed by atoms with Gasteiger partial charge in [-0.25, -0.2) is 4.99 Å². The lowest BCUT2D eigenvalue weighted by Gasteiger charge is -2.11. The van der Waals surface area contributed by atoms with Crippen LogP contribution in [0.5, 0.6) is 5.75 Å². The first-order valence-corrected chi connectivity index (χ1v) is 9.11. The predicted molar refractivity (Wildman–Crippen MR) is 99.5 cm³/mol. The molecule has 0 spiro atoms. The summed E-state index contributed by atoms with van der Waals surface area (Å²) in [6, 6.07) is 10.2. The second-order valence-electron chi connectivity index (χ2n) is 5.68. The summed E-state index contributed by atoms with van der Waals surface area (Å²) in [6.45, 7) is 3.44. The Bertz CT molecular complexity index is 731. The highest BCUT2D eigenvalue weighted by Crippen LogP contribution is 2.32. The lowest BCUT2D eigenvalue weighted by molar-refractivity contribution is 0.172. The van der Waals surface area contributed by atoms with Crippen LogP contribution in [-0.4, -0.2) is 30.4 Å². The van der Waals surface area contributed by atoms with Crippen LogP contribution in [0.3, 0.4) is 0 Å². The molecule has 1 aliphatic rings. The predicted octanol–water partition coefficient (Wildman–Crippen LogP) is 4.32. The largest absolute Gasteiger partial charge is 0.493 e. The molecule has 0 N–H and O–H groups in total. The van der Waals surface area contributed by atoms with Crippen molar-refractivity contribution >= 4 is 22.5 Å². The highest BCUT2D eigenvalue weighted by atomic mass is 32.2. The van der Waals surface area contributed by atoms with Crippen LogP contribution in [0, 0.1) is 6.92 Å². The molecule has 2 aromatic rings. The summed E-state index contributed by atoms with van der Waals surface area (Å²) in [6.07, 6.45) is 3.63. The smallest absolute Gasteiger partial charge is 0.125 e. The molecule has 0 saturated heterocycles. The average Bonchev–Trinajstić information content (AvgIpc) is 3.02. The van der Waals surface area contributed by atoms with Crippen LogP contribution in [0.4, 0.5) is 5.69 Å². The van der Waals surface area contributed by atoms with Crippen molar-refractivity contribution in [2.45, 2.75) is 25.5 Å². The van der Waals surface area contributed by atoms with Crippen LogP contribution < -0.4 is 4.74 Å². The first-order chi connectivity index (χ1) is 11.8. The van der Waals surface area contributed by atoms with Crippen molar-refractivity contribution < 1.29 is 9.47 Å². The highest BCUT2D eigenvalue weighted by Gasteiger charge is 2.15. The summed E-state index contributed by atoms with van der Waals surface area (Å²) in [7, 11) is 1.71. The monoisotopic (exact) mass is 342 g/mol. The Morgan fingerprint density at radius 1 is 1.17 bits per heavy atom. The summed E-state index contributed by atoms with van der Waals surface area (Å²) in [5, 5.41) is 1.16. The number of aromatic nitrogens is 1. The molecule has 0 aliphatic carbocycles. The Labute approximate surface area is 147 Å². The molecule has 3 rings (SSSR count). The van der Waals surface area contributed by atoms with Crippen LogP contribution >= 0.6 is 11.8 Å². The van der Waals surface area contributed by atoms with E-state index in [4.69, 9.17) is 14.5 Å². The zero-order valence-corrected chi connectivity index (χ0v) is 14.9. The highest BCUT2D eigenvalue weighted by molar-refractivity contribution is 8.13. The molecule has 1 aromatic carbocycles. The summed E-state index contributed by atoms with van der Waals surface area (Å²) >= 11 is 1.76. The first-order valence-electron chi connectivity index (χ1n) is 8.12. The molecule has 0 saturated carbocycles. The van der Waals surface area contributed by atoms with Crippen molar-refractivity contribution in [2.75, 3.05) is 20.3 Å². The van der Waals surface area contributed by atoms with E-state index in [2.05, 4.69) is 30.1 Å². The number of rotatable bonds is 7. The fraction of sp³-hybridized carbons (Fsp3) is 0.368. The topological polar surface area (TPSA) is 43.7 Å². The molecular formula is C19H22N2O2S. The number of hydrogen-bond donors (Lipinski definition) is 0. The van der Waals surface area contributed by atoms with Crippen LogP contribution in [0.1, 0.15) is 23.2 Å². The number of aliphatic imine (C=N–C) groups is 1. The first kappa shape index (κ1) is 17.0. The Hall–Kier alpha value is -1.85. The number of benzene rings is 1. The van der Waals surface area contributed by atoms with Gasteiger partial charge in [0.1, 0.15) is 5.75 Å². The average molecular weight is 342 g/mol. The van der Waals surface area contributed by atoms with Gasteiger partial charge in [-0.2, -0.15) is 0 Å². The third-order valence-corrected chi connectivity index (χ3v) is 4.95. The van der Waals surface area contributed by atoms with Crippen LogP contribution in [0.2, 0.25) is 0 Å². The Morgan fingerprint density at radius 3 is 2.88 bits per heavy atom. The number of para-hydroxylation sites is 1. The van der Waals surface area contributed by atoms with Crippen molar-refractivity contribution in [1.82, 2.24) is 4.98 Å². The van der Waals surface area contributed by atoms with Gasteiger partial charge in [0.15, 0.2) is 0 Å². The number of thioether (sulfide) groups is 1. The number of fused-ring (bicyclic) bond motifs is 1. The van der Waals surface area contributed by atoms with Gasteiger partial charge in [0, 0.05) is 44.1 Å². The van der Waals surface area contributed by atoms with E-state index in [0.29, 0.717) is 13.2 Å². The molecule has 5 heteroatoms. The molecule has 126 valence electrons. The molecule has 0 bridgehead atoms. The third kappa shape index (κ3) is 4.16. The summed E-state index contributed by atoms with van der Waals surface area (Å²) < 4.78 is 10.9. The van der Waals surface area contributed by atoms with Gasteiger partial charge >= 0.3 is 0 Å². The van der Waals surface area contributed by atoms with E-state index in [1.54, 1.807) is 18.9 Å². The molecular weight excluding hydrogens is 320 g/mol. The fourth-order valence-electron chi connectivity index (χ4n) is 2.59. The molecule has 0 radical (unpaired) electrons. The Morgan fingerprint density at radius 2 is 2.04 bits per heavy atom. The van der Waals surface area contributed by atoms with Gasteiger partial charge in [-0.05, 0) is 24.6 Å². The number of ether oxygens (including phenoxy) is 2. The minimum Gasteiger partial charge on any atom is -0.493 e. The van der Waals surface area contributed by atoms with Gasteiger partial charge in [0.05, 0.1) is 23.0 Å². The van der Waals surface area contributed by atoms with Gasteiger partial charge in [-0.1, -0.05) is 18.2 Å². The van der Waals surface area contributed by atoms with Gasteiger partial charge in [-0.15, -0.1) is 11.8 Å². The molecule has 0 amide bonds. The van der Waals surface area contributed by atoms with Crippen molar-refractivity contribution in [1.29, 1.82) is 0 Å². The van der Waals surface area contributed by atoms with Gasteiger partial charge in [-0.3, -0.25) is 4.98 Å². The minimum absolute atomic E-state index is 0.660. The van der Waals surface area contributed by atoms with E-state index in [1.165, 1.54) is 5.56 Å². The van der Waals surface area contributed by atoms with E-state index in [1.807, 2.05) is 18.3 Å². The molecule has 1 aromatic heterocycles. The molecule has 1 aliphatic heterocycles. The summed E-state index contributed by atoms with van der Waals surface area (Å²) in [5.41, 5.74) is 4.57. The van der Waals surface area contributed by atoms with E-state index in [9.17, 15) is 0 Å². The second-order valence-corrected chi connectivity index (χ2v) is 6.72. The number of nitrogens with zero attached hydrogens (tertiary/aromatic N) is 2. The lowest BCUT2D eigenvalue weighted by Crippen LogP contribution is -2.04. The zero-order valence-electron chi connectivity index (χ0n) is 14.1. The summed E-state index contributed by atoms with van der Waals surface area (Å²) in [4.78, 5) is 9.21. The SMILES string of the molecule is COCCCOc1ccnc(CSC2=Nc3ccccc3C2)c1C. The Kier molecular flexibility index (Phi) is 5.88. The molecule has 4 nitrogen and oxygen atoms in total. The lowest BCUT2D eigenvalue weighted by atomic mass is 10.2. The molecule has 0 unspecified atom stereocenters. The second kappa shape index (κ2) is 8.31. The van der Waals surface area contributed by atoms with E-state index >= 15 is 0 Å². The van der Waals surface area contributed by atoms with Crippen molar-refractivity contribution in [3.8, 4) is 5.75 Å². The fourth-order valence-corrected chi connectivity index (χ4v) is 3.60. The quantitative estimate of drug-likeness (QED) is 0.703. The van der Waals surface area contributed by atoms with Crippen LogP contribution in [0.15, 0.2) is 41.5 Å². The maximum Gasteiger partial charge on any atom is 0.125 e. The Balaban J connectivity index is 1.58. The minimum atomic E-state index is 0.660. The van der Waals surface area contributed by atoms with Crippen molar-refractivity contribution in [3.63, 3.8) is 0 Å². The zero-order chi connectivity index (χ0) is 16.8. The summed E-state index contributed by atoms with van der Waals surface area (Å²) in [5.74, 6) is 1.72.